The number of amides is 1. The Kier molecular flexibility index (Phi) is 4.61. The van der Waals surface area contributed by atoms with Crippen LogP contribution < -0.4 is 4.90 Å². The van der Waals surface area contributed by atoms with Crippen LogP contribution in [0.3, 0.4) is 0 Å². The molecule has 0 unspecified atom stereocenters. The molecule has 3 aromatic rings. The largest absolute Gasteiger partial charge is 0.353 e. The Hall–Kier alpha value is -2.82. The van der Waals surface area contributed by atoms with Crippen LogP contribution in [0.15, 0.2) is 54.9 Å². The number of piperazine rings is 1. The number of rotatable bonds is 4. The number of para-hydroxylation sites is 1. The summed E-state index contributed by atoms with van der Waals surface area (Å²) in [5.41, 5.74) is 2.47. The van der Waals surface area contributed by atoms with Gasteiger partial charge in [-0.1, -0.05) is 24.3 Å². The molecule has 1 fully saturated rings. The Bertz CT molecular complexity index is 895. The SMILES string of the molecule is Cn1cc(CCC(=O)N2CCN(c3ccccn3)CC2)c2ccccc21. The molecule has 26 heavy (non-hydrogen) atoms. The van der Waals surface area contributed by atoms with E-state index in [4.69, 9.17) is 0 Å². The Morgan fingerprint density at radius 3 is 2.58 bits per heavy atom. The highest BCUT2D eigenvalue weighted by molar-refractivity contribution is 5.85. The molecule has 0 bridgehead atoms. The van der Waals surface area contributed by atoms with E-state index < -0.39 is 0 Å². The average Bonchev–Trinajstić information content (AvgIpc) is 3.03. The van der Waals surface area contributed by atoms with Gasteiger partial charge in [-0.25, -0.2) is 4.98 Å². The molecule has 1 aromatic carbocycles. The van der Waals surface area contributed by atoms with Gasteiger partial charge in [0.1, 0.15) is 5.82 Å². The smallest absolute Gasteiger partial charge is 0.223 e. The number of fused-ring (bicyclic) bond motifs is 1. The second kappa shape index (κ2) is 7.20. The summed E-state index contributed by atoms with van der Waals surface area (Å²) in [4.78, 5) is 21.3. The predicted molar refractivity (Wildman–Crippen MR) is 104 cm³/mol. The molecule has 1 saturated heterocycles. The molecule has 5 nitrogen and oxygen atoms in total. The quantitative estimate of drug-likeness (QED) is 0.728. The summed E-state index contributed by atoms with van der Waals surface area (Å²) in [5, 5.41) is 1.25. The number of nitrogens with zero attached hydrogens (tertiary/aromatic N) is 4. The highest BCUT2D eigenvalue weighted by atomic mass is 16.2. The van der Waals surface area contributed by atoms with E-state index in [2.05, 4.69) is 52.0 Å². The third-order valence-electron chi connectivity index (χ3n) is 5.19. The van der Waals surface area contributed by atoms with Crippen LogP contribution in [0.1, 0.15) is 12.0 Å². The monoisotopic (exact) mass is 348 g/mol. The van der Waals surface area contributed by atoms with Crippen molar-refractivity contribution in [1.29, 1.82) is 0 Å². The van der Waals surface area contributed by atoms with Crippen LogP contribution in [0.5, 0.6) is 0 Å². The van der Waals surface area contributed by atoms with Crippen molar-refractivity contribution >= 4 is 22.6 Å². The highest BCUT2D eigenvalue weighted by Crippen LogP contribution is 2.22. The summed E-state index contributed by atoms with van der Waals surface area (Å²) < 4.78 is 2.14. The summed E-state index contributed by atoms with van der Waals surface area (Å²) in [6.07, 6.45) is 5.33. The van der Waals surface area contributed by atoms with Crippen molar-refractivity contribution in [1.82, 2.24) is 14.5 Å². The van der Waals surface area contributed by atoms with Crippen LogP contribution in [0.4, 0.5) is 5.82 Å². The van der Waals surface area contributed by atoms with Crippen LogP contribution in [-0.2, 0) is 18.3 Å². The Morgan fingerprint density at radius 1 is 1.04 bits per heavy atom. The summed E-state index contributed by atoms with van der Waals surface area (Å²) in [7, 11) is 2.06. The van der Waals surface area contributed by atoms with Gasteiger partial charge in [0.05, 0.1) is 0 Å². The molecular weight excluding hydrogens is 324 g/mol. The minimum Gasteiger partial charge on any atom is -0.353 e. The molecule has 1 aliphatic rings. The van der Waals surface area contributed by atoms with Crippen molar-refractivity contribution in [2.45, 2.75) is 12.8 Å². The Labute approximate surface area is 153 Å². The molecule has 4 rings (SSSR count). The van der Waals surface area contributed by atoms with Crippen molar-refractivity contribution in [3.8, 4) is 0 Å². The van der Waals surface area contributed by atoms with E-state index in [9.17, 15) is 4.79 Å². The van der Waals surface area contributed by atoms with E-state index in [1.807, 2.05) is 29.3 Å². The van der Waals surface area contributed by atoms with Gasteiger partial charge in [0.25, 0.3) is 0 Å². The van der Waals surface area contributed by atoms with E-state index in [1.54, 1.807) is 0 Å². The zero-order valence-corrected chi connectivity index (χ0v) is 15.1. The summed E-state index contributed by atoms with van der Waals surface area (Å²) in [6, 6.07) is 14.3. The van der Waals surface area contributed by atoms with Gasteiger partial charge in [-0.3, -0.25) is 4.79 Å². The minimum absolute atomic E-state index is 0.249. The molecule has 5 heteroatoms. The summed E-state index contributed by atoms with van der Waals surface area (Å²) in [6.45, 7) is 3.23. The topological polar surface area (TPSA) is 41.4 Å². The van der Waals surface area contributed by atoms with Gasteiger partial charge >= 0.3 is 0 Å². The lowest BCUT2D eigenvalue weighted by atomic mass is 10.1. The Balaban J connectivity index is 1.34. The second-order valence-electron chi connectivity index (χ2n) is 6.84. The molecule has 0 spiro atoms. The van der Waals surface area contributed by atoms with Crippen molar-refractivity contribution in [2.75, 3.05) is 31.1 Å². The van der Waals surface area contributed by atoms with Crippen LogP contribution in [-0.4, -0.2) is 46.5 Å². The lowest BCUT2D eigenvalue weighted by Gasteiger charge is -2.35. The Morgan fingerprint density at radius 2 is 1.81 bits per heavy atom. The first-order valence-electron chi connectivity index (χ1n) is 9.19. The van der Waals surface area contributed by atoms with Gasteiger partial charge in [-0.15, -0.1) is 0 Å². The van der Waals surface area contributed by atoms with Gasteiger partial charge in [0.2, 0.25) is 5.91 Å². The molecule has 0 atom stereocenters. The van der Waals surface area contributed by atoms with Gasteiger partial charge in [-0.05, 0) is 30.2 Å². The zero-order chi connectivity index (χ0) is 17.9. The third-order valence-corrected chi connectivity index (χ3v) is 5.19. The van der Waals surface area contributed by atoms with E-state index in [0.29, 0.717) is 6.42 Å². The molecule has 1 aliphatic heterocycles. The van der Waals surface area contributed by atoms with E-state index in [0.717, 1.165) is 38.4 Å². The molecule has 1 amide bonds. The first-order valence-corrected chi connectivity index (χ1v) is 9.19. The van der Waals surface area contributed by atoms with Gasteiger partial charge < -0.3 is 14.4 Å². The zero-order valence-electron chi connectivity index (χ0n) is 15.1. The number of aryl methyl sites for hydroxylation is 2. The van der Waals surface area contributed by atoms with Gasteiger partial charge in [-0.2, -0.15) is 0 Å². The first-order chi connectivity index (χ1) is 12.7. The lowest BCUT2D eigenvalue weighted by Crippen LogP contribution is -2.49. The van der Waals surface area contributed by atoms with Crippen molar-refractivity contribution in [2.24, 2.45) is 7.05 Å². The van der Waals surface area contributed by atoms with Gasteiger partial charge in [0.15, 0.2) is 0 Å². The van der Waals surface area contributed by atoms with Crippen molar-refractivity contribution in [3.05, 3.63) is 60.4 Å². The molecule has 2 aromatic heterocycles. The molecule has 0 saturated carbocycles. The number of aromatic nitrogens is 2. The van der Waals surface area contributed by atoms with Crippen LogP contribution in [0, 0.1) is 0 Å². The molecule has 134 valence electrons. The molecule has 0 radical (unpaired) electrons. The van der Waals surface area contributed by atoms with Crippen LogP contribution >= 0.6 is 0 Å². The highest BCUT2D eigenvalue weighted by Gasteiger charge is 2.21. The number of hydrogen-bond acceptors (Lipinski definition) is 3. The maximum Gasteiger partial charge on any atom is 0.223 e. The normalized spacial score (nSPS) is 14.8. The maximum absolute atomic E-state index is 12.6. The maximum atomic E-state index is 12.6. The molecule has 3 heterocycles. The van der Waals surface area contributed by atoms with Crippen molar-refractivity contribution in [3.63, 3.8) is 0 Å². The number of carbonyl (C=O) groups excluding carboxylic acids is 1. The average molecular weight is 348 g/mol. The standard InChI is InChI=1S/C21H24N4O/c1-23-16-17(18-6-2-3-7-19(18)23)9-10-21(26)25-14-12-24(13-15-25)20-8-4-5-11-22-20/h2-8,11,16H,9-10,12-15H2,1H3. The van der Waals surface area contributed by atoms with E-state index >= 15 is 0 Å². The number of pyridine rings is 1. The van der Waals surface area contributed by atoms with E-state index in [-0.39, 0.29) is 5.91 Å². The number of carbonyl (C=O) groups is 1. The number of anilines is 1. The summed E-state index contributed by atoms with van der Waals surface area (Å²) in [5.74, 6) is 1.24. The van der Waals surface area contributed by atoms with Crippen LogP contribution in [0.2, 0.25) is 0 Å². The fourth-order valence-corrected chi connectivity index (χ4v) is 3.75. The summed E-state index contributed by atoms with van der Waals surface area (Å²) >= 11 is 0. The first kappa shape index (κ1) is 16.6. The lowest BCUT2D eigenvalue weighted by molar-refractivity contribution is -0.131. The molecular formula is C21H24N4O. The molecule has 0 aliphatic carbocycles. The molecule has 0 N–H and O–H groups in total. The minimum atomic E-state index is 0.249. The van der Waals surface area contributed by atoms with E-state index in [1.165, 1.54) is 16.5 Å². The fraction of sp³-hybridized carbons (Fsp3) is 0.333. The fourth-order valence-electron chi connectivity index (χ4n) is 3.75. The second-order valence-corrected chi connectivity index (χ2v) is 6.84. The number of hydrogen-bond donors (Lipinski definition) is 0. The van der Waals surface area contributed by atoms with Gasteiger partial charge in [0, 0.05) is 62.9 Å². The van der Waals surface area contributed by atoms with Crippen molar-refractivity contribution < 1.29 is 4.79 Å². The van der Waals surface area contributed by atoms with Crippen LogP contribution in [0.25, 0.3) is 10.9 Å². The number of benzene rings is 1. The predicted octanol–water partition coefficient (Wildman–Crippen LogP) is 2.85. The third kappa shape index (κ3) is 3.29.